The summed E-state index contributed by atoms with van der Waals surface area (Å²) in [6.07, 6.45) is 1.82. The maximum Gasteiger partial charge on any atom is 0.233 e. The van der Waals surface area contributed by atoms with E-state index >= 15 is 0 Å². The van der Waals surface area contributed by atoms with Gasteiger partial charge in [-0.2, -0.15) is 0 Å². The van der Waals surface area contributed by atoms with Gasteiger partial charge in [0.2, 0.25) is 5.91 Å². The fourth-order valence-corrected chi connectivity index (χ4v) is 3.99. The van der Waals surface area contributed by atoms with E-state index in [1.807, 2.05) is 36.2 Å². The molecule has 4 nitrogen and oxygen atoms in total. The van der Waals surface area contributed by atoms with Crippen LogP contribution in [0.4, 0.5) is 5.69 Å². The molecule has 1 aliphatic carbocycles. The molecule has 0 unspecified atom stereocenters. The maximum absolute atomic E-state index is 13.1. The topological polar surface area (TPSA) is 32.8 Å². The molecule has 1 amide bonds. The van der Waals surface area contributed by atoms with Crippen LogP contribution in [-0.2, 0) is 21.5 Å². The lowest BCUT2D eigenvalue weighted by molar-refractivity contribution is -0.133. The van der Waals surface area contributed by atoms with Gasteiger partial charge in [-0.3, -0.25) is 4.79 Å². The summed E-state index contributed by atoms with van der Waals surface area (Å²) in [4.78, 5) is 17.3. The molecule has 1 aliphatic heterocycles. The minimum Gasteiger partial charge on any atom is -0.378 e. The minimum absolute atomic E-state index is 0.196. The molecule has 0 bridgehead atoms. The van der Waals surface area contributed by atoms with Crippen LogP contribution in [-0.4, -0.2) is 44.2 Å². The van der Waals surface area contributed by atoms with Crippen molar-refractivity contribution in [2.45, 2.75) is 24.8 Å². The second-order valence-corrected chi connectivity index (χ2v) is 7.95. The quantitative estimate of drug-likeness (QED) is 0.784. The van der Waals surface area contributed by atoms with Crippen LogP contribution in [0, 0.1) is 0 Å². The van der Waals surface area contributed by atoms with E-state index in [2.05, 4.69) is 29.2 Å². The maximum atomic E-state index is 13.1. The molecule has 27 heavy (non-hydrogen) atoms. The third kappa shape index (κ3) is 3.83. The fraction of sp³-hybridized carbons (Fsp3) is 0.409. The Bertz CT molecular complexity index is 794. The molecule has 2 aromatic rings. The van der Waals surface area contributed by atoms with Gasteiger partial charge in [0.25, 0.3) is 0 Å². The first-order valence-electron chi connectivity index (χ1n) is 9.52. The molecule has 2 aromatic carbocycles. The molecular weight excluding hydrogens is 360 g/mol. The summed E-state index contributed by atoms with van der Waals surface area (Å²) >= 11 is 5.99. The largest absolute Gasteiger partial charge is 0.378 e. The zero-order chi connectivity index (χ0) is 18.9. The molecule has 0 spiro atoms. The van der Waals surface area contributed by atoms with Crippen molar-refractivity contribution in [1.29, 1.82) is 0 Å². The number of halogens is 1. The summed E-state index contributed by atoms with van der Waals surface area (Å²) in [7, 11) is 1.90. The van der Waals surface area contributed by atoms with E-state index in [1.54, 1.807) is 0 Å². The molecule has 4 rings (SSSR count). The Morgan fingerprint density at radius 1 is 1.07 bits per heavy atom. The number of hydrogen-bond donors (Lipinski definition) is 0. The first kappa shape index (κ1) is 18.3. The number of amides is 1. The number of hydrogen-bond acceptors (Lipinski definition) is 3. The first-order chi connectivity index (χ1) is 13.1. The monoisotopic (exact) mass is 384 g/mol. The van der Waals surface area contributed by atoms with Gasteiger partial charge in [0.05, 0.1) is 18.6 Å². The molecule has 0 aromatic heterocycles. The van der Waals surface area contributed by atoms with E-state index in [9.17, 15) is 4.79 Å². The number of carbonyl (C=O) groups excluding carboxylic acids is 1. The molecule has 2 fully saturated rings. The molecule has 2 aliphatic rings. The van der Waals surface area contributed by atoms with Crippen LogP contribution < -0.4 is 4.90 Å². The smallest absolute Gasteiger partial charge is 0.233 e. The summed E-state index contributed by atoms with van der Waals surface area (Å²) < 4.78 is 5.41. The van der Waals surface area contributed by atoms with Crippen LogP contribution >= 0.6 is 11.6 Å². The molecule has 1 heterocycles. The summed E-state index contributed by atoms with van der Waals surface area (Å²) in [6.45, 7) is 4.05. The van der Waals surface area contributed by atoms with Gasteiger partial charge in [-0.15, -0.1) is 0 Å². The molecule has 1 saturated carbocycles. The SMILES string of the molecule is CN(Cc1ccc(N2CCOCC2)cc1)C(=O)C1(c2ccc(Cl)cc2)CC1. The number of rotatable bonds is 5. The number of anilines is 1. The van der Waals surface area contributed by atoms with E-state index in [0.717, 1.165) is 50.3 Å². The fourth-order valence-electron chi connectivity index (χ4n) is 3.86. The minimum atomic E-state index is -0.354. The lowest BCUT2D eigenvalue weighted by Gasteiger charge is -2.29. The first-order valence-corrected chi connectivity index (χ1v) is 9.89. The van der Waals surface area contributed by atoms with Gasteiger partial charge in [0, 0.05) is 37.4 Å². The average Bonchev–Trinajstić information content (AvgIpc) is 3.51. The van der Waals surface area contributed by atoms with Crippen molar-refractivity contribution >= 4 is 23.2 Å². The Kier molecular flexibility index (Phi) is 5.11. The van der Waals surface area contributed by atoms with E-state index in [-0.39, 0.29) is 11.3 Å². The van der Waals surface area contributed by atoms with Gasteiger partial charge in [-0.05, 0) is 48.2 Å². The molecular formula is C22H25ClN2O2. The average molecular weight is 385 g/mol. The van der Waals surface area contributed by atoms with Gasteiger partial charge < -0.3 is 14.5 Å². The van der Waals surface area contributed by atoms with Crippen molar-refractivity contribution in [1.82, 2.24) is 4.90 Å². The second kappa shape index (κ2) is 7.53. The highest BCUT2D eigenvalue weighted by Gasteiger charge is 2.52. The van der Waals surface area contributed by atoms with E-state index in [1.165, 1.54) is 5.69 Å². The molecule has 0 N–H and O–H groups in total. The van der Waals surface area contributed by atoms with E-state index in [0.29, 0.717) is 11.6 Å². The third-order valence-corrected chi connectivity index (χ3v) is 5.89. The lowest BCUT2D eigenvalue weighted by atomic mass is 9.94. The molecule has 142 valence electrons. The highest BCUT2D eigenvalue weighted by molar-refractivity contribution is 6.30. The zero-order valence-electron chi connectivity index (χ0n) is 15.7. The Morgan fingerprint density at radius 3 is 2.30 bits per heavy atom. The van der Waals surface area contributed by atoms with Crippen molar-refractivity contribution in [3.05, 3.63) is 64.7 Å². The van der Waals surface area contributed by atoms with E-state index in [4.69, 9.17) is 16.3 Å². The van der Waals surface area contributed by atoms with Gasteiger partial charge in [-0.1, -0.05) is 35.9 Å². The van der Waals surface area contributed by atoms with Crippen LogP contribution in [0.25, 0.3) is 0 Å². The number of morpholine rings is 1. The molecule has 0 atom stereocenters. The Balaban J connectivity index is 1.42. The zero-order valence-corrected chi connectivity index (χ0v) is 16.4. The highest BCUT2D eigenvalue weighted by atomic mass is 35.5. The van der Waals surface area contributed by atoms with Crippen molar-refractivity contribution < 1.29 is 9.53 Å². The van der Waals surface area contributed by atoms with Crippen LogP contribution in [0.3, 0.4) is 0 Å². The summed E-state index contributed by atoms with van der Waals surface area (Å²) in [5.41, 5.74) is 3.09. The Morgan fingerprint density at radius 2 is 1.70 bits per heavy atom. The molecule has 5 heteroatoms. The van der Waals surface area contributed by atoms with Gasteiger partial charge in [0.15, 0.2) is 0 Å². The normalized spacial score (nSPS) is 18.2. The van der Waals surface area contributed by atoms with Crippen molar-refractivity contribution in [2.24, 2.45) is 0 Å². The number of likely N-dealkylation sites (N-methyl/N-ethyl adjacent to an activating group) is 1. The highest BCUT2D eigenvalue weighted by Crippen LogP contribution is 2.49. The third-order valence-electron chi connectivity index (χ3n) is 5.64. The van der Waals surface area contributed by atoms with Crippen molar-refractivity contribution in [2.75, 3.05) is 38.3 Å². The van der Waals surface area contributed by atoms with Gasteiger partial charge in [-0.25, -0.2) is 0 Å². The second-order valence-electron chi connectivity index (χ2n) is 7.52. The summed E-state index contributed by atoms with van der Waals surface area (Å²) in [5.74, 6) is 0.196. The van der Waals surface area contributed by atoms with Crippen molar-refractivity contribution in [3.8, 4) is 0 Å². The van der Waals surface area contributed by atoms with Gasteiger partial charge in [0.1, 0.15) is 0 Å². The summed E-state index contributed by atoms with van der Waals surface area (Å²) in [5, 5.41) is 0.704. The Hall–Kier alpha value is -2.04. The number of ether oxygens (including phenoxy) is 1. The Labute approximate surface area is 165 Å². The van der Waals surface area contributed by atoms with Gasteiger partial charge >= 0.3 is 0 Å². The van der Waals surface area contributed by atoms with Crippen molar-refractivity contribution in [3.63, 3.8) is 0 Å². The van der Waals surface area contributed by atoms with E-state index < -0.39 is 0 Å². The number of benzene rings is 2. The molecule has 1 saturated heterocycles. The number of nitrogens with zero attached hydrogens (tertiary/aromatic N) is 2. The lowest BCUT2D eigenvalue weighted by Crippen LogP contribution is -2.36. The predicted molar refractivity (Wildman–Crippen MR) is 108 cm³/mol. The van der Waals surface area contributed by atoms with Crippen LogP contribution in [0.1, 0.15) is 24.0 Å². The van der Waals surface area contributed by atoms with Crippen LogP contribution in [0.2, 0.25) is 5.02 Å². The predicted octanol–water partition coefficient (Wildman–Crippen LogP) is 3.87. The number of carbonyl (C=O) groups is 1. The van der Waals surface area contributed by atoms with Crippen LogP contribution in [0.15, 0.2) is 48.5 Å². The molecule has 0 radical (unpaired) electrons. The van der Waals surface area contributed by atoms with Crippen LogP contribution in [0.5, 0.6) is 0 Å². The standard InChI is InChI=1S/C22H25ClN2O2/c1-24(21(26)22(10-11-22)18-4-6-19(23)7-5-18)16-17-2-8-20(9-3-17)25-12-14-27-15-13-25/h2-9H,10-16H2,1H3. The summed E-state index contributed by atoms with van der Waals surface area (Å²) in [6, 6.07) is 16.2.